The van der Waals surface area contributed by atoms with Crippen LogP contribution in [-0.2, 0) is 27.2 Å². The average molecular weight is 1040 g/mol. The van der Waals surface area contributed by atoms with Gasteiger partial charge in [-0.2, -0.15) is 0 Å². The minimum Gasteiger partial charge on any atom is -0.724 e. The fraction of sp³-hybridized carbons (Fsp3) is 0.0755. The number of carbonyl (C=O) groups excluding carboxylic acids is 1. The SMILES string of the molecule is [Au+].[N-]=C=O.c1ccc(P(CCP(c2ccccc2)c2ccccc2)c2ccccc2)cc1.c1ccc(P(CCP(c2ccccc2)c2ccccc2)c2ccccc2)cc1. The molecule has 0 unspecified atom stereocenters. The van der Waals surface area contributed by atoms with Gasteiger partial charge in [0.15, 0.2) is 0 Å². The Bertz CT molecular complexity index is 1870. The molecule has 0 radical (unpaired) electrons. The molecular formula is C53H48AuNOP4. The van der Waals surface area contributed by atoms with Gasteiger partial charge in [-0.25, -0.2) is 0 Å². The summed E-state index contributed by atoms with van der Waals surface area (Å²) in [5.74, 6) is 0. The molecule has 0 spiro atoms. The third-order valence-electron chi connectivity index (χ3n) is 9.64. The summed E-state index contributed by atoms with van der Waals surface area (Å²) in [5.41, 5.74) is 0. The molecule has 0 saturated heterocycles. The van der Waals surface area contributed by atoms with Crippen molar-refractivity contribution in [3.05, 3.63) is 248 Å². The summed E-state index contributed by atoms with van der Waals surface area (Å²) in [5, 5.41) is 18.5. The van der Waals surface area contributed by atoms with Crippen molar-refractivity contribution in [2.75, 3.05) is 24.6 Å². The van der Waals surface area contributed by atoms with Gasteiger partial charge in [0.1, 0.15) is 0 Å². The zero-order chi connectivity index (χ0) is 40.7. The molecule has 0 heterocycles. The molecule has 0 bridgehead atoms. The number of rotatable bonds is 14. The number of isocyanates is 1. The van der Waals surface area contributed by atoms with Gasteiger partial charge in [-0.3, -0.25) is 4.79 Å². The second-order valence-electron chi connectivity index (χ2n) is 13.4. The summed E-state index contributed by atoms with van der Waals surface area (Å²) < 4.78 is 0. The topological polar surface area (TPSA) is 39.4 Å². The molecule has 7 heteroatoms. The Morgan fingerprint density at radius 2 is 0.367 bits per heavy atom. The van der Waals surface area contributed by atoms with Crippen molar-refractivity contribution in [2.45, 2.75) is 0 Å². The molecule has 8 aromatic carbocycles. The van der Waals surface area contributed by atoms with Gasteiger partial charge in [-0.05, 0) is 105 Å². The Hall–Kier alpha value is -4.40. The first-order chi connectivity index (χ1) is 29.2. The molecule has 0 aliphatic carbocycles. The van der Waals surface area contributed by atoms with Gasteiger partial charge in [0.05, 0.1) is 0 Å². The van der Waals surface area contributed by atoms with E-state index in [1.807, 2.05) is 0 Å². The van der Waals surface area contributed by atoms with Crippen LogP contribution >= 0.6 is 31.7 Å². The third-order valence-corrected chi connectivity index (χ3v) is 20.4. The van der Waals surface area contributed by atoms with Crippen LogP contribution in [0.15, 0.2) is 243 Å². The molecule has 60 heavy (non-hydrogen) atoms. The van der Waals surface area contributed by atoms with E-state index in [1.54, 1.807) is 0 Å². The van der Waals surface area contributed by atoms with E-state index in [4.69, 9.17) is 10.2 Å². The van der Waals surface area contributed by atoms with E-state index in [0.717, 1.165) is 0 Å². The maximum atomic E-state index is 8.24. The van der Waals surface area contributed by atoms with Crippen molar-refractivity contribution in [3.8, 4) is 0 Å². The molecule has 0 saturated carbocycles. The van der Waals surface area contributed by atoms with E-state index < -0.39 is 0 Å². The first-order valence-corrected chi connectivity index (χ1v) is 25.9. The Labute approximate surface area is 377 Å². The van der Waals surface area contributed by atoms with Crippen LogP contribution in [0.2, 0.25) is 0 Å². The standard InChI is InChI=1S/2C26H24P2.CNO.Au/c2*1-5-13-23(14-6-1)27(24-15-7-2-8-16-24)21-22-28(25-17-9-3-10-18-25)26-19-11-4-12-20-26;2-1-3;/h2*1-20H,21-22H2;;/q;;-1;+1. The molecule has 0 N–H and O–H groups in total. The zero-order valence-corrected chi connectivity index (χ0v) is 39.1. The van der Waals surface area contributed by atoms with E-state index in [0.29, 0.717) is 6.08 Å². The van der Waals surface area contributed by atoms with Crippen molar-refractivity contribution in [1.29, 1.82) is 0 Å². The van der Waals surface area contributed by atoms with Gasteiger partial charge in [0.2, 0.25) is 0 Å². The van der Waals surface area contributed by atoms with Crippen LogP contribution in [0, 0.1) is 0 Å². The molecule has 0 fully saturated rings. The summed E-state index contributed by atoms with van der Waals surface area (Å²) >= 11 is 0. The van der Waals surface area contributed by atoms with Crippen LogP contribution in [-0.4, -0.2) is 30.7 Å². The van der Waals surface area contributed by atoms with Gasteiger partial charge in [0, 0.05) is 0 Å². The third kappa shape index (κ3) is 14.4. The molecular weight excluding hydrogens is 987 g/mol. The van der Waals surface area contributed by atoms with Crippen molar-refractivity contribution >= 4 is 80.2 Å². The van der Waals surface area contributed by atoms with E-state index in [9.17, 15) is 0 Å². The molecule has 0 aliphatic heterocycles. The summed E-state index contributed by atoms with van der Waals surface area (Å²) in [6.45, 7) is 0. The second kappa shape index (κ2) is 26.7. The van der Waals surface area contributed by atoms with Crippen molar-refractivity contribution in [1.82, 2.24) is 0 Å². The van der Waals surface area contributed by atoms with Crippen LogP contribution in [0.3, 0.4) is 0 Å². The van der Waals surface area contributed by atoms with Crippen molar-refractivity contribution in [2.24, 2.45) is 0 Å². The van der Waals surface area contributed by atoms with E-state index in [-0.39, 0.29) is 54.1 Å². The van der Waals surface area contributed by atoms with Crippen LogP contribution in [0.4, 0.5) is 0 Å². The van der Waals surface area contributed by atoms with Crippen molar-refractivity contribution < 1.29 is 27.2 Å². The fourth-order valence-electron chi connectivity index (χ4n) is 6.89. The average Bonchev–Trinajstić information content (AvgIpc) is 3.32. The van der Waals surface area contributed by atoms with Crippen LogP contribution in [0.5, 0.6) is 0 Å². The van der Waals surface area contributed by atoms with E-state index in [2.05, 4.69) is 243 Å². The zero-order valence-electron chi connectivity index (χ0n) is 33.4. The van der Waals surface area contributed by atoms with Crippen LogP contribution in [0.1, 0.15) is 0 Å². The molecule has 8 rings (SSSR count). The second-order valence-corrected chi connectivity index (χ2v) is 22.7. The molecule has 302 valence electrons. The Balaban J connectivity index is 0.000000210. The Kier molecular flexibility index (Phi) is 20.8. The largest absolute Gasteiger partial charge is 1.00 e. The van der Waals surface area contributed by atoms with Gasteiger partial charge >= 0.3 is 22.4 Å². The minimum absolute atomic E-state index is 0. The summed E-state index contributed by atoms with van der Waals surface area (Å²) in [6, 6.07) is 88.4. The maximum absolute atomic E-state index is 8.24. The summed E-state index contributed by atoms with van der Waals surface area (Å²) in [7, 11) is -1.39. The van der Waals surface area contributed by atoms with Crippen LogP contribution < -0.4 is 42.4 Å². The molecule has 0 aliphatic rings. The van der Waals surface area contributed by atoms with E-state index >= 15 is 0 Å². The smallest absolute Gasteiger partial charge is 0.724 e. The van der Waals surface area contributed by atoms with Gasteiger partial charge < -0.3 is 5.41 Å². The molecule has 0 aromatic heterocycles. The Morgan fingerprint density at radius 3 is 0.467 bits per heavy atom. The molecule has 2 nitrogen and oxygen atoms in total. The van der Waals surface area contributed by atoms with E-state index in [1.165, 1.54) is 67.1 Å². The van der Waals surface area contributed by atoms with Crippen LogP contribution in [0.25, 0.3) is 5.41 Å². The monoisotopic (exact) mass is 1040 g/mol. The number of benzene rings is 8. The molecule has 0 atom stereocenters. The molecule has 8 aromatic rings. The Morgan fingerprint density at radius 1 is 0.267 bits per heavy atom. The van der Waals surface area contributed by atoms with Crippen molar-refractivity contribution in [3.63, 3.8) is 0 Å². The first-order valence-electron chi connectivity index (χ1n) is 19.8. The predicted octanol–water partition coefficient (Wildman–Crippen LogP) is 10.4. The maximum Gasteiger partial charge on any atom is 1.00 e. The summed E-state index contributed by atoms with van der Waals surface area (Å²) in [4.78, 5) is 8.24. The number of hydrogen-bond donors (Lipinski definition) is 0. The van der Waals surface area contributed by atoms with Gasteiger partial charge in [-0.1, -0.05) is 243 Å². The predicted molar refractivity (Wildman–Crippen MR) is 265 cm³/mol. The normalized spacial score (nSPS) is 10.5. The number of nitrogens with zero attached hydrogens (tertiary/aromatic N) is 1. The number of hydrogen-bond acceptors (Lipinski definition) is 1. The summed E-state index contributed by atoms with van der Waals surface area (Å²) in [6.07, 6.45) is 5.33. The van der Waals surface area contributed by atoms with Gasteiger partial charge in [0.25, 0.3) is 0 Å². The minimum atomic E-state index is -0.348. The quantitative estimate of drug-likeness (QED) is 0.0463. The fourth-order valence-corrected chi connectivity index (χ4v) is 17.6. The molecule has 0 amide bonds. The first kappa shape index (κ1) is 46.7. The van der Waals surface area contributed by atoms with Gasteiger partial charge in [-0.15, -0.1) is 0 Å².